The second-order valence-corrected chi connectivity index (χ2v) is 11.6. The molecule has 5 rings (SSSR count). The Morgan fingerprint density at radius 1 is 0.675 bits per heavy atom. The van der Waals surface area contributed by atoms with Gasteiger partial charge >= 0.3 is 0 Å². The van der Waals surface area contributed by atoms with Gasteiger partial charge in [0.1, 0.15) is 0 Å². The normalized spacial score (nSPS) is 24.2. The molecule has 8 bridgehead atoms. The van der Waals surface area contributed by atoms with Crippen molar-refractivity contribution in [3.05, 3.63) is 67.2 Å². The molecule has 2 N–H and O–H groups in total. The molecule has 4 nitrogen and oxygen atoms in total. The van der Waals surface area contributed by atoms with E-state index in [1.54, 1.807) is 5.57 Å². The van der Waals surface area contributed by atoms with Crippen LogP contribution < -0.4 is 16.0 Å². The second-order valence-electron chi connectivity index (χ2n) is 11.6. The summed E-state index contributed by atoms with van der Waals surface area (Å²) in [5, 5.41) is 6.52. The van der Waals surface area contributed by atoms with Gasteiger partial charge in [0.05, 0.1) is 23.2 Å². The topological polar surface area (TPSA) is 52.5 Å². The van der Waals surface area contributed by atoms with Crippen molar-refractivity contribution in [3.8, 4) is 0 Å². The molecule has 5 heterocycles. The van der Waals surface area contributed by atoms with Crippen molar-refractivity contribution < 1.29 is 0 Å². The molecule has 1 aromatic rings. The van der Waals surface area contributed by atoms with Gasteiger partial charge < -0.3 is 10.3 Å². The molecule has 1 aromatic heterocycles. The number of aliphatic imine (C=N–C) groups is 2. The summed E-state index contributed by atoms with van der Waals surface area (Å²) in [6, 6.07) is 0.653. The third kappa shape index (κ3) is 4.72. The van der Waals surface area contributed by atoms with Crippen LogP contribution in [0.4, 0.5) is 0 Å². The summed E-state index contributed by atoms with van der Waals surface area (Å²) in [6.07, 6.45) is 16.5. The van der Waals surface area contributed by atoms with Gasteiger partial charge in [-0.15, -0.1) is 0 Å². The van der Waals surface area contributed by atoms with E-state index in [2.05, 4.69) is 83.9 Å². The van der Waals surface area contributed by atoms with Crippen LogP contribution in [0.2, 0.25) is 0 Å². The van der Waals surface area contributed by atoms with Crippen LogP contribution in [0.1, 0.15) is 111 Å². The van der Waals surface area contributed by atoms with Crippen molar-refractivity contribution in [1.82, 2.24) is 10.3 Å². The van der Waals surface area contributed by atoms with E-state index in [4.69, 9.17) is 9.98 Å². The van der Waals surface area contributed by atoms with Gasteiger partial charge in [0, 0.05) is 28.4 Å². The summed E-state index contributed by atoms with van der Waals surface area (Å²) in [5.74, 6) is 0.549. The minimum atomic E-state index is 0.245. The number of aromatic nitrogens is 1. The van der Waals surface area contributed by atoms with Crippen LogP contribution in [0, 0.1) is 5.92 Å². The van der Waals surface area contributed by atoms with Crippen molar-refractivity contribution in [2.45, 2.75) is 125 Å². The smallest absolute Gasteiger partial charge is 0.0742 e. The first-order valence-electron chi connectivity index (χ1n) is 16.2. The first-order valence-corrected chi connectivity index (χ1v) is 16.2. The summed E-state index contributed by atoms with van der Waals surface area (Å²) in [4.78, 5) is 14.6. The Labute approximate surface area is 241 Å². The molecule has 40 heavy (non-hydrogen) atoms. The second kappa shape index (κ2) is 11.9. The van der Waals surface area contributed by atoms with E-state index in [0.717, 1.165) is 69.2 Å². The van der Waals surface area contributed by atoms with Gasteiger partial charge in [0.25, 0.3) is 0 Å². The summed E-state index contributed by atoms with van der Waals surface area (Å²) in [6.45, 7) is 18.4. The average molecular weight is 539 g/mol. The monoisotopic (exact) mass is 538 g/mol. The summed E-state index contributed by atoms with van der Waals surface area (Å²) in [7, 11) is 0. The van der Waals surface area contributed by atoms with Crippen LogP contribution >= 0.6 is 0 Å². The Hall–Kier alpha value is -2.88. The van der Waals surface area contributed by atoms with Crippen LogP contribution in [0.25, 0.3) is 12.2 Å². The fraction of sp³-hybridized carbons (Fsp3) is 0.556. The Kier molecular flexibility index (Phi) is 8.54. The number of aromatic amines is 1. The number of allylic oxidation sites excluding steroid dienone is 5. The summed E-state index contributed by atoms with van der Waals surface area (Å²) in [5.41, 5.74) is 14.9. The predicted molar refractivity (Wildman–Crippen MR) is 172 cm³/mol. The Morgan fingerprint density at radius 2 is 1.32 bits per heavy atom. The zero-order chi connectivity index (χ0) is 28.6. The van der Waals surface area contributed by atoms with E-state index in [1.165, 1.54) is 55.5 Å². The van der Waals surface area contributed by atoms with Gasteiger partial charge in [-0.25, -0.2) is 4.99 Å². The number of nitrogens with one attached hydrogen (secondary N) is 2. The zero-order valence-corrected chi connectivity index (χ0v) is 26.2. The van der Waals surface area contributed by atoms with Crippen molar-refractivity contribution in [2.75, 3.05) is 0 Å². The molecular formula is C36H50N4. The van der Waals surface area contributed by atoms with Gasteiger partial charge in [-0.3, -0.25) is 4.99 Å². The van der Waals surface area contributed by atoms with Crippen molar-refractivity contribution in [2.24, 2.45) is 15.9 Å². The Bertz CT molecular complexity index is 1480. The molecule has 0 aromatic carbocycles. The minimum Gasteiger partial charge on any atom is -0.382 e. The molecule has 4 heteroatoms. The largest absolute Gasteiger partial charge is 0.382 e. The third-order valence-corrected chi connectivity index (χ3v) is 9.81. The lowest BCUT2D eigenvalue weighted by Crippen LogP contribution is -2.32. The lowest BCUT2D eigenvalue weighted by molar-refractivity contribution is 0.407. The number of nitrogens with zero attached hydrogens (tertiary/aromatic N) is 2. The highest BCUT2D eigenvalue weighted by Gasteiger charge is 2.36. The Balaban J connectivity index is 1.82. The lowest BCUT2D eigenvalue weighted by Gasteiger charge is -2.24. The highest BCUT2D eigenvalue weighted by Crippen LogP contribution is 2.39. The maximum atomic E-state index is 5.45. The summed E-state index contributed by atoms with van der Waals surface area (Å²) < 4.78 is 0. The van der Waals surface area contributed by atoms with Gasteiger partial charge in [-0.2, -0.15) is 0 Å². The first kappa shape index (κ1) is 28.6. The van der Waals surface area contributed by atoms with Gasteiger partial charge in [0.2, 0.25) is 0 Å². The molecule has 0 fully saturated rings. The fourth-order valence-electron chi connectivity index (χ4n) is 7.97. The number of fused-ring (bicyclic) bond motifs is 6. The molecule has 214 valence electrons. The molecule has 0 spiro atoms. The van der Waals surface area contributed by atoms with Crippen LogP contribution in [0.3, 0.4) is 0 Å². The average Bonchev–Trinajstić information content (AvgIpc) is 3.67. The molecule has 0 saturated heterocycles. The maximum absolute atomic E-state index is 5.45. The van der Waals surface area contributed by atoms with Crippen molar-refractivity contribution in [3.63, 3.8) is 0 Å². The molecule has 0 amide bonds. The van der Waals surface area contributed by atoms with E-state index in [-0.39, 0.29) is 6.04 Å². The van der Waals surface area contributed by atoms with Crippen molar-refractivity contribution >= 4 is 23.6 Å². The van der Waals surface area contributed by atoms with Gasteiger partial charge in [-0.05, 0) is 115 Å². The number of rotatable bonds is 8. The van der Waals surface area contributed by atoms with E-state index >= 15 is 0 Å². The highest BCUT2D eigenvalue weighted by atomic mass is 15.0. The molecule has 0 aliphatic carbocycles. The molecule has 4 aliphatic rings. The molecular weight excluding hydrogens is 488 g/mol. The minimum absolute atomic E-state index is 0.245. The first-order chi connectivity index (χ1) is 19.5. The summed E-state index contributed by atoms with van der Waals surface area (Å²) >= 11 is 0. The standard InChI is InChI=1S/C36H50N4/c1-9-21-22(10-2)30-18-32-25(13-5)26(14-6)34(39-32)20-36-28(16-8)27(15-7)35(40-36)19-33-24(12-4)23(11-3)31(38-33)17-29(21)37-30/h17-19,26,34,36-37,39H,9-16,20H2,1-8H3. The van der Waals surface area contributed by atoms with Gasteiger partial charge in [0.15, 0.2) is 0 Å². The SMILES string of the molecule is CCC1=C(CC)C2=NC1=CC1=NC(CC3NC(=C(CC)C3CC)C=c3[nH]c(c(CC)c3CC)=C2)C(CC)=C1CC. The molecule has 0 saturated carbocycles. The van der Waals surface area contributed by atoms with Crippen LogP contribution in [-0.4, -0.2) is 28.5 Å². The molecule has 0 radical (unpaired) electrons. The molecule has 3 atom stereocenters. The molecule has 4 aliphatic heterocycles. The Morgan fingerprint density at radius 3 is 1.90 bits per heavy atom. The maximum Gasteiger partial charge on any atom is 0.0742 e. The molecule has 3 unspecified atom stereocenters. The van der Waals surface area contributed by atoms with E-state index in [9.17, 15) is 0 Å². The van der Waals surface area contributed by atoms with Crippen LogP contribution in [-0.2, 0) is 12.8 Å². The van der Waals surface area contributed by atoms with Crippen LogP contribution in [0.15, 0.2) is 55.3 Å². The number of hydrogen-bond acceptors (Lipinski definition) is 3. The van der Waals surface area contributed by atoms with E-state index in [0.29, 0.717) is 12.0 Å². The van der Waals surface area contributed by atoms with Crippen LogP contribution in [0.5, 0.6) is 0 Å². The quantitative estimate of drug-likeness (QED) is 0.362. The van der Waals surface area contributed by atoms with E-state index in [1.807, 2.05) is 0 Å². The fourth-order valence-corrected chi connectivity index (χ4v) is 7.97. The van der Waals surface area contributed by atoms with Crippen molar-refractivity contribution in [1.29, 1.82) is 0 Å². The highest BCUT2D eigenvalue weighted by molar-refractivity contribution is 6.24. The number of hydrogen-bond donors (Lipinski definition) is 2. The number of H-pyrrole nitrogens is 1. The van der Waals surface area contributed by atoms with E-state index < -0.39 is 0 Å². The third-order valence-electron chi connectivity index (χ3n) is 9.81. The van der Waals surface area contributed by atoms with Gasteiger partial charge in [-0.1, -0.05) is 55.4 Å². The predicted octanol–water partition coefficient (Wildman–Crippen LogP) is 7.16. The zero-order valence-electron chi connectivity index (χ0n) is 26.2. The lowest BCUT2D eigenvalue weighted by atomic mass is 9.85.